The topological polar surface area (TPSA) is 15.3 Å². The van der Waals surface area contributed by atoms with Crippen LogP contribution in [0.3, 0.4) is 0 Å². The van der Waals surface area contributed by atoms with Gasteiger partial charge in [0.25, 0.3) is 0 Å². The van der Waals surface area contributed by atoms with Crippen molar-refractivity contribution >= 4 is 0 Å². The molecule has 0 aromatic rings. The molecular weight excluding hydrogens is 184 g/mol. The molecule has 0 aliphatic carbocycles. The van der Waals surface area contributed by atoms with Gasteiger partial charge >= 0.3 is 0 Å². The lowest BCUT2D eigenvalue weighted by molar-refractivity contribution is 0.195. The summed E-state index contributed by atoms with van der Waals surface area (Å²) >= 11 is 0. The molecule has 1 fully saturated rings. The van der Waals surface area contributed by atoms with Crippen molar-refractivity contribution in [2.75, 3.05) is 26.2 Å². The molecule has 0 aromatic carbocycles. The van der Waals surface area contributed by atoms with Crippen molar-refractivity contribution < 1.29 is 0 Å². The van der Waals surface area contributed by atoms with E-state index in [0.29, 0.717) is 5.54 Å². The van der Waals surface area contributed by atoms with Gasteiger partial charge in [-0.3, -0.25) is 0 Å². The zero-order valence-electron chi connectivity index (χ0n) is 10.8. The molecule has 1 N–H and O–H groups in total. The van der Waals surface area contributed by atoms with Gasteiger partial charge in [-0.05, 0) is 45.3 Å². The average molecular weight is 212 g/mol. The largest absolute Gasteiger partial charge is 0.310 e. The second kappa shape index (κ2) is 6.49. The summed E-state index contributed by atoms with van der Waals surface area (Å²) in [5, 5.41) is 3.76. The van der Waals surface area contributed by atoms with E-state index in [0.717, 1.165) is 0 Å². The Hall–Kier alpha value is -0.0800. The molecule has 0 unspecified atom stereocenters. The van der Waals surface area contributed by atoms with E-state index in [2.05, 4.69) is 31.0 Å². The number of nitrogens with zero attached hydrogens (tertiary/aromatic N) is 1. The molecule has 0 spiro atoms. The van der Waals surface area contributed by atoms with Crippen LogP contribution in [0.4, 0.5) is 0 Å². The van der Waals surface area contributed by atoms with Gasteiger partial charge in [0.05, 0.1) is 0 Å². The van der Waals surface area contributed by atoms with Crippen LogP contribution in [-0.2, 0) is 0 Å². The third-order valence-electron chi connectivity index (χ3n) is 3.86. The number of hydrogen-bond acceptors (Lipinski definition) is 2. The van der Waals surface area contributed by atoms with Crippen molar-refractivity contribution in [3.63, 3.8) is 0 Å². The first kappa shape index (κ1) is 13.0. The van der Waals surface area contributed by atoms with E-state index >= 15 is 0 Å². The molecule has 0 radical (unpaired) electrons. The minimum absolute atomic E-state index is 0.393. The van der Waals surface area contributed by atoms with Crippen LogP contribution in [0.1, 0.15) is 52.9 Å². The molecule has 0 saturated carbocycles. The predicted octanol–water partition coefficient (Wildman–Crippen LogP) is 2.64. The Morgan fingerprint density at radius 2 is 1.93 bits per heavy atom. The van der Waals surface area contributed by atoms with Gasteiger partial charge in [0.1, 0.15) is 0 Å². The molecule has 90 valence electrons. The highest BCUT2D eigenvalue weighted by atomic mass is 15.2. The van der Waals surface area contributed by atoms with Crippen LogP contribution >= 0.6 is 0 Å². The van der Waals surface area contributed by atoms with E-state index in [1.54, 1.807) is 0 Å². The van der Waals surface area contributed by atoms with Crippen molar-refractivity contribution in [3.8, 4) is 0 Å². The second-order valence-corrected chi connectivity index (χ2v) is 4.90. The summed E-state index contributed by atoms with van der Waals surface area (Å²) in [6.45, 7) is 11.9. The molecule has 0 aromatic heterocycles. The summed E-state index contributed by atoms with van der Waals surface area (Å²) in [6.07, 6.45) is 6.49. The highest BCUT2D eigenvalue weighted by Crippen LogP contribution is 2.19. The highest BCUT2D eigenvalue weighted by molar-refractivity contribution is 4.90. The van der Waals surface area contributed by atoms with Crippen molar-refractivity contribution in [2.45, 2.75) is 58.4 Å². The van der Waals surface area contributed by atoms with Crippen LogP contribution in [0.5, 0.6) is 0 Å². The number of unbranched alkanes of at least 4 members (excludes halogenated alkanes) is 1. The van der Waals surface area contributed by atoms with E-state index in [1.807, 2.05) is 0 Å². The van der Waals surface area contributed by atoms with E-state index in [-0.39, 0.29) is 0 Å². The fourth-order valence-corrected chi connectivity index (χ4v) is 2.52. The van der Waals surface area contributed by atoms with Gasteiger partial charge in [-0.2, -0.15) is 0 Å². The molecule has 2 nitrogen and oxygen atoms in total. The van der Waals surface area contributed by atoms with Crippen LogP contribution < -0.4 is 5.32 Å². The molecule has 0 bridgehead atoms. The van der Waals surface area contributed by atoms with Gasteiger partial charge in [0.2, 0.25) is 0 Å². The number of hydrogen-bond donors (Lipinski definition) is 1. The molecule has 1 aliphatic heterocycles. The Morgan fingerprint density at radius 3 is 2.53 bits per heavy atom. The molecule has 2 heteroatoms. The monoisotopic (exact) mass is 212 g/mol. The first-order chi connectivity index (χ1) is 7.26. The standard InChI is InChI=1S/C13H28N2/c1-4-7-10-15-11-8-9-14-13(5-2,6-3)12-15/h14H,4-12H2,1-3H3. The van der Waals surface area contributed by atoms with Gasteiger partial charge in [-0.25, -0.2) is 0 Å². The van der Waals surface area contributed by atoms with Crippen molar-refractivity contribution in [1.29, 1.82) is 0 Å². The third kappa shape index (κ3) is 3.76. The quantitative estimate of drug-likeness (QED) is 0.753. The molecule has 1 heterocycles. The van der Waals surface area contributed by atoms with E-state index in [4.69, 9.17) is 0 Å². The molecular formula is C13H28N2. The Kier molecular flexibility index (Phi) is 5.62. The minimum atomic E-state index is 0.393. The Balaban J connectivity index is 2.51. The first-order valence-corrected chi connectivity index (χ1v) is 6.73. The molecule has 0 atom stereocenters. The maximum absolute atomic E-state index is 3.76. The lowest BCUT2D eigenvalue weighted by Gasteiger charge is -2.35. The second-order valence-electron chi connectivity index (χ2n) is 4.90. The van der Waals surface area contributed by atoms with Crippen LogP contribution in [0, 0.1) is 0 Å². The summed E-state index contributed by atoms with van der Waals surface area (Å²) in [4.78, 5) is 2.66. The van der Waals surface area contributed by atoms with Crippen molar-refractivity contribution in [1.82, 2.24) is 10.2 Å². The lowest BCUT2D eigenvalue weighted by atomic mass is 9.92. The SMILES string of the molecule is CCCCN1CCCNC(CC)(CC)C1. The molecule has 1 rings (SSSR count). The predicted molar refractivity (Wildman–Crippen MR) is 67.3 cm³/mol. The van der Waals surface area contributed by atoms with Gasteiger partial charge in [-0.15, -0.1) is 0 Å². The van der Waals surface area contributed by atoms with Crippen LogP contribution in [-0.4, -0.2) is 36.6 Å². The van der Waals surface area contributed by atoms with E-state index < -0.39 is 0 Å². The van der Waals surface area contributed by atoms with Gasteiger partial charge in [-0.1, -0.05) is 27.2 Å². The van der Waals surface area contributed by atoms with E-state index in [1.165, 1.54) is 58.3 Å². The lowest BCUT2D eigenvalue weighted by Crippen LogP contribution is -2.50. The summed E-state index contributed by atoms with van der Waals surface area (Å²) < 4.78 is 0. The maximum Gasteiger partial charge on any atom is 0.0303 e. The highest BCUT2D eigenvalue weighted by Gasteiger charge is 2.29. The van der Waals surface area contributed by atoms with E-state index in [9.17, 15) is 0 Å². The maximum atomic E-state index is 3.76. The van der Waals surface area contributed by atoms with Crippen molar-refractivity contribution in [3.05, 3.63) is 0 Å². The normalized spacial score (nSPS) is 22.6. The van der Waals surface area contributed by atoms with Gasteiger partial charge < -0.3 is 10.2 Å². The smallest absolute Gasteiger partial charge is 0.0303 e. The minimum Gasteiger partial charge on any atom is -0.310 e. The summed E-state index contributed by atoms with van der Waals surface area (Å²) in [5.74, 6) is 0. The zero-order valence-corrected chi connectivity index (χ0v) is 10.8. The zero-order chi connectivity index (χ0) is 11.1. The Morgan fingerprint density at radius 1 is 1.20 bits per heavy atom. The summed E-state index contributed by atoms with van der Waals surface area (Å²) in [6, 6.07) is 0. The fourth-order valence-electron chi connectivity index (χ4n) is 2.52. The molecule has 0 amide bonds. The first-order valence-electron chi connectivity index (χ1n) is 6.73. The van der Waals surface area contributed by atoms with Crippen molar-refractivity contribution in [2.24, 2.45) is 0 Å². The third-order valence-corrected chi connectivity index (χ3v) is 3.86. The van der Waals surface area contributed by atoms with Crippen LogP contribution in [0.2, 0.25) is 0 Å². The number of nitrogens with one attached hydrogen (secondary N) is 1. The van der Waals surface area contributed by atoms with Crippen LogP contribution in [0.15, 0.2) is 0 Å². The number of rotatable bonds is 5. The molecule has 1 saturated heterocycles. The fraction of sp³-hybridized carbons (Fsp3) is 1.00. The average Bonchev–Trinajstić information content (AvgIpc) is 2.49. The molecule has 15 heavy (non-hydrogen) atoms. The van der Waals surface area contributed by atoms with Gasteiger partial charge in [0, 0.05) is 12.1 Å². The van der Waals surface area contributed by atoms with Crippen LogP contribution in [0.25, 0.3) is 0 Å². The summed E-state index contributed by atoms with van der Waals surface area (Å²) in [7, 11) is 0. The molecule has 1 aliphatic rings. The Bertz CT molecular complexity index is 164. The Labute approximate surface area is 95.4 Å². The van der Waals surface area contributed by atoms with Gasteiger partial charge in [0.15, 0.2) is 0 Å². The summed E-state index contributed by atoms with van der Waals surface area (Å²) in [5.41, 5.74) is 0.393.